The van der Waals surface area contributed by atoms with Gasteiger partial charge in [-0.15, -0.1) is 0 Å². The minimum absolute atomic E-state index is 0.101. The molecule has 1 heterocycles. The lowest BCUT2D eigenvalue weighted by Crippen LogP contribution is -2.39. The fourth-order valence-corrected chi connectivity index (χ4v) is 3.54. The highest BCUT2D eigenvalue weighted by Gasteiger charge is 2.37. The number of carbonyl (C=O) groups is 3. The standard InChI is InChI=1S/C23H27N3O5/c1-4-31-20-8-6-5-7-19(20)26-14-16(13-22(26)28)23(29)25(2)15-21(27)24-17-9-11-18(30-3)12-10-17/h5-12,16H,4,13-15H2,1-3H3,(H,24,27). The molecule has 1 fully saturated rings. The number of methoxy groups -OCH3 is 1. The predicted molar refractivity (Wildman–Crippen MR) is 117 cm³/mol. The quantitative estimate of drug-likeness (QED) is 0.702. The minimum Gasteiger partial charge on any atom is -0.497 e. The number of nitrogens with zero attached hydrogens (tertiary/aromatic N) is 2. The van der Waals surface area contributed by atoms with Crippen molar-refractivity contribution in [2.24, 2.45) is 5.92 Å². The Morgan fingerprint density at radius 1 is 1.16 bits per heavy atom. The van der Waals surface area contributed by atoms with Crippen LogP contribution in [-0.4, -0.2) is 56.5 Å². The largest absolute Gasteiger partial charge is 0.497 e. The smallest absolute Gasteiger partial charge is 0.243 e. The zero-order chi connectivity index (χ0) is 22.4. The first kappa shape index (κ1) is 22.1. The van der Waals surface area contributed by atoms with Gasteiger partial charge >= 0.3 is 0 Å². The van der Waals surface area contributed by atoms with E-state index in [0.29, 0.717) is 29.5 Å². The van der Waals surface area contributed by atoms with Crippen molar-refractivity contribution in [2.75, 3.05) is 44.1 Å². The van der Waals surface area contributed by atoms with Gasteiger partial charge in [-0.1, -0.05) is 12.1 Å². The van der Waals surface area contributed by atoms with Crippen LogP contribution in [0.2, 0.25) is 0 Å². The zero-order valence-electron chi connectivity index (χ0n) is 18.0. The summed E-state index contributed by atoms with van der Waals surface area (Å²) in [5.41, 5.74) is 1.27. The zero-order valence-corrected chi connectivity index (χ0v) is 18.0. The Bertz CT molecular complexity index is 944. The van der Waals surface area contributed by atoms with Gasteiger partial charge in [-0.05, 0) is 43.3 Å². The van der Waals surface area contributed by atoms with Gasteiger partial charge in [-0.3, -0.25) is 14.4 Å². The van der Waals surface area contributed by atoms with Gasteiger partial charge in [-0.25, -0.2) is 0 Å². The van der Waals surface area contributed by atoms with Crippen molar-refractivity contribution in [2.45, 2.75) is 13.3 Å². The Kier molecular flexibility index (Phi) is 7.12. The molecule has 8 nitrogen and oxygen atoms in total. The van der Waals surface area contributed by atoms with Gasteiger partial charge in [0.2, 0.25) is 17.7 Å². The molecule has 0 aliphatic carbocycles. The summed E-state index contributed by atoms with van der Waals surface area (Å²) < 4.78 is 10.7. The number of ether oxygens (including phenoxy) is 2. The average molecular weight is 425 g/mol. The molecule has 3 amide bonds. The van der Waals surface area contributed by atoms with E-state index in [9.17, 15) is 14.4 Å². The summed E-state index contributed by atoms with van der Waals surface area (Å²) in [6.45, 7) is 2.51. The molecule has 164 valence electrons. The van der Waals surface area contributed by atoms with Crippen molar-refractivity contribution in [3.05, 3.63) is 48.5 Å². The lowest BCUT2D eigenvalue weighted by atomic mass is 10.1. The van der Waals surface area contributed by atoms with Crippen LogP contribution in [-0.2, 0) is 14.4 Å². The molecule has 8 heteroatoms. The van der Waals surface area contributed by atoms with E-state index in [2.05, 4.69) is 5.32 Å². The number of rotatable bonds is 8. The first-order chi connectivity index (χ1) is 14.9. The van der Waals surface area contributed by atoms with Crippen LogP contribution in [0.4, 0.5) is 11.4 Å². The van der Waals surface area contributed by atoms with E-state index >= 15 is 0 Å². The van der Waals surface area contributed by atoms with Gasteiger partial charge in [0.25, 0.3) is 0 Å². The van der Waals surface area contributed by atoms with Gasteiger partial charge in [0, 0.05) is 25.7 Å². The van der Waals surface area contributed by atoms with Gasteiger partial charge in [-0.2, -0.15) is 0 Å². The average Bonchev–Trinajstić information content (AvgIpc) is 3.15. The molecule has 1 aliphatic heterocycles. The second kappa shape index (κ2) is 9.97. The minimum atomic E-state index is -0.513. The maximum Gasteiger partial charge on any atom is 0.243 e. The number of hydrogen-bond donors (Lipinski definition) is 1. The second-order valence-electron chi connectivity index (χ2n) is 7.28. The Balaban J connectivity index is 1.59. The van der Waals surface area contributed by atoms with Crippen LogP contribution in [0, 0.1) is 5.92 Å². The monoisotopic (exact) mass is 425 g/mol. The number of hydrogen-bond acceptors (Lipinski definition) is 5. The van der Waals surface area contributed by atoms with Crippen LogP contribution >= 0.6 is 0 Å². The Morgan fingerprint density at radius 3 is 2.55 bits per heavy atom. The van der Waals surface area contributed by atoms with Crippen LogP contribution < -0.4 is 19.7 Å². The summed E-state index contributed by atoms with van der Waals surface area (Å²) in [6, 6.07) is 14.2. The molecule has 2 aromatic rings. The Morgan fingerprint density at radius 2 is 1.87 bits per heavy atom. The SMILES string of the molecule is CCOc1ccccc1N1CC(C(=O)N(C)CC(=O)Nc2ccc(OC)cc2)CC1=O. The molecular formula is C23H27N3O5. The molecule has 1 saturated heterocycles. The highest BCUT2D eigenvalue weighted by molar-refractivity contribution is 6.02. The molecule has 0 saturated carbocycles. The number of amides is 3. The van der Waals surface area contributed by atoms with E-state index in [0.717, 1.165) is 0 Å². The first-order valence-corrected chi connectivity index (χ1v) is 10.1. The lowest BCUT2D eigenvalue weighted by Gasteiger charge is -2.22. The summed E-state index contributed by atoms with van der Waals surface area (Å²) in [5.74, 6) is 0.0893. The van der Waals surface area contributed by atoms with E-state index in [1.54, 1.807) is 49.4 Å². The highest BCUT2D eigenvalue weighted by Crippen LogP contribution is 2.33. The third kappa shape index (κ3) is 5.33. The molecule has 1 aliphatic rings. The van der Waals surface area contributed by atoms with E-state index < -0.39 is 5.92 Å². The molecule has 1 unspecified atom stereocenters. The number of likely N-dealkylation sites (N-methyl/N-ethyl adjacent to an activating group) is 1. The molecule has 0 radical (unpaired) electrons. The number of anilines is 2. The van der Waals surface area contributed by atoms with Crippen molar-refractivity contribution in [3.8, 4) is 11.5 Å². The maximum absolute atomic E-state index is 12.9. The maximum atomic E-state index is 12.9. The fraction of sp³-hybridized carbons (Fsp3) is 0.348. The van der Waals surface area contributed by atoms with E-state index in [1.807, 2.05) is 25.1 Å². The van der Waals surface area contributed by atoms with Gasteiger partial charge in [0.1, 0.15) is 11.5 Å². The predicted octanol–water partition coefficient (Wildman–Crippen LogP) is 2.54. The number of carbonyl (C=O) groups excluding carboxylic acids is 3. The molecule has 0 bridgehead atoms. The van der Waals surface area contributed by atoms with E-state index in [-0.39, 0.29) is 37.2 Å². The molecule has 3 rings (SSSR count). The van der Waals surface area contributed by atoms with Gasteiger partial charge in [0.05, 0.1) is 31.9 Å². The van der Waals surface area contributed by atoms with Crippen molar-refractivity contribution in [1.82, 2.24) is 4.90 Å². The molecule has 1 N–H and O–H groups in total. The fourth-order valence-electron chi connectivity index (χ4n) is 3.54. The Hall–Kier alpha value is -3.55. The summed E-state index contributed by atoms with van der Waals surface area (Å²) in [6.07, 6.45) is 0.101. The van der Waals surface area contributed by atoms with Crippen molar-refractivity contribution >= 4 is 29.1 Å². The molecule has 0 spiro atoms. The van der Waals surface area contributed by atoms with Crippen LogP contribution in [0.15, 0.2) is 48.5 Å². The summed E-state index contributed by atoms with van der Waals surface area (Å²) >= 11 is 0. The van der Waals surface area contributed by atoms with E-state index in [4.69, 9.17) is 9.47 Å². The lowest BCUT2D eigenvalue weighted by molar-refractivity contribution is -0.137. The topological polar surface area (TPSA) is 88.2 Å². The summed E-state index contributed by atoms with van der Waals surface area (Å²) in [4.78, 5) is 40.7. The van der Waals surface area contributed by atoms with Gasteiger partial charge in [0.15, 0.2) is 0 Å². The normalized spacial score (nSPS) is 15.5. The van der Waals surface area contributed by atoms with Crippen LogP contribution in [0.5, 0.6) is 11.5 Å². The van der Waals surface area contributed by atoms with Crippen LogP contribution in [0.3, 0.4) is 0 Å². The number of para-hydroxylation sites is 2. The number of benzene rings is 2. The third-order valence-corrected chi connectivity index (χ3v) is 5.06. The van der Waals surface area contributed by atoms with Gasteiger partial charge < -0.3 is 24.6 Å². The first-order valence-electron chi connectivity index (χ1n) is 10.1. The second-order valence-corrected chi connectivity index (χ2v) is 7.28. The highest BCUT2D eigenvalue weighted by atomic mass is 16.5. The summed E-state index contributed by atoms with van der Waals surface area (Å²) in [5, 5.41) is 2.75. The molecule has 2 aromatic carbocycles. The molecule has 0 aromatic heterocycles. The molecule has 31 heavy (non-hydrogen) atoms. The van der Waals surface area contributed by atoms with Crippen molar-refractivity contribution in [3.63, 3.8) is 0 Å². The molecular weight excluding hydrogens is 398 g/mol. The summed E-state index contributed by atoms with van der Waals surface area (Å²) in [7, 11) is 3.13. The Labute approximate surface area is 181 Å². The molecule has 1 atom stereocenters. The van der Waals surface area contributed by atoms with Crippen LogP contribution in [0.1, 0.15) is 13.3 Å². The number of nitrogens with one attached hydrogen (secondary N) is 1. The van der Waals surface area contributed by atoms with Crippen molar-refractivity contribution in [1.29, 1.82) is 0 Å². The van der Waals surface area contributed by atoms with Crippen molar-refractivity contribution < 1.29 is 23.9 Å². The van der Waals surface area contributed by atoms with Crippen LogP contribution in [0.25, 0.3) is 0 Å². The third-order valence-electron chi connectivity index (χ3n) is 5.06. The van der Waals surface area contributed by atoms with E-state index in [1.165, 1.54) is 4.90 Å².